The van der Waals surface area contributed by atoms with Gasteiger partial charge in [-0.05, 0) is 89.0 Å². The molecule has 2 aliphatic heterocycles. The van der Waals surface area contributed by atoms with E-state index in [9.17, 15) is 19.5 Å². The zero-order valence-electron chi connectivity index (χ0n) is 19.0. The lowest BCUT2D eigenvalue weighted by molar-refractivity contribution is -0.110. The largest absolute Gasteiger partial charge is 0.478 e. The summed E-state index contributed by atoms with van der Waals surface area (Å²) in [5.41, 5.74) is 4.29. The summed E-state index contributed by atoms with van der Waals surface area (Å²) in [7, 11) is 0. The Morgan fingerprint density at radius 1 is 1.24 bits per heavy atom. The quantitative estimate of drug-likeness (QED) is 0.417. The SMILES string of the molecule is CCOC(=O)c1c(C)[nH]c(C=C2C(=O)Nc3ccc(C(=O)O)cc32)c1CCCN1CCCC1. The highest BCUT2D eigenvalue weighted by Crippen LogP contribution is 2.35. The average molecular weight is 452 g/mol. The lowest BCUT2D eigenvalue weighted by atomic mass is 9.99. The fourth-order valence-corrected chi connectivity index (χ4v) is 4.66. The Hall–Kier alpha value is -3.39. The zero-order valence-corrected chi connectivity index (χ0v) is 19.0. The molecule has 0 unspecified atom stereocenters. The molecule has 2 aromatic rings. The van der Waals surface area contributed by atoms with E-state index in [1.54, 1.807) is 19.1 Å². The number of carbonyl (C=O) groups is 3. The maximum atomic E-state index is 12.7. The van der Waals surface area contributed by atoms with Crippen molar-refractivity contribution in [1.82, 2.24) is 9.88 Å². The second-order valence-corrected chi connectivity index (χ2v) is 8.47. The van der Waals surface area contributed by atoms with E-state index in [4.69, 9.17) is 4.74 Å². The van der Waals surface area contributed by atoms with Crippen LogP contribution in [0.15, 0.2) is 18.2 Å². The van der Waals surface area contributed by atoms with Gasteiger partial charge in [0.2, 0.25) is 0 Å². The van der Waals surface area contributed by atoms with Crippen LogP contribution in [0.3, 0.4) is 0 Å². The number of H-pyrrole nitrogens is 1. The minimum absolute atomic E-state index is 0.108. The molecule has 1 aromatic carbocycles. The molecule has 3 heterocycles. The molecule has 0 radical (unpaired) electrons. The Labute approximate surface area is 192 Å². The number of aromatic carboxylic acids is 1. The number of hydrogen-bond acceptors (Lipinski definition) is 5. The fourth-order valence-electron chi connectivity index (χ4n) is 4.66. The van der Waals surface area contributed by atoms with Crippen LogP contribution in [-0.2, 0) is 16.0 Å². The van der Waals surface area contributed by atoms with E-state index in [2.05, 4.69) is 15.2 Å². The van der Waals surface area contributed by atoms with Gasteiger partial charge < -0.3 is 25.0 Å². The topological polar surface area (TPSA) is 112 Å². The standard InChI is InChI=1S/C25H29N3O5/c1-3-33-25(32)22-15(2)26-21(17(22)7-6-12-28-10-4-5-11-28)14-19-18-13-16(24(30)31)8-9-20(18)27-23(19)29/h8-9,13-14,26H,3-7,10-12H2,1-2H3,(H,27,29)(H,30,31). The molecule has 174 valence electrons. The summed E-state index contributed by atoms with van der Waals surface area (Å²) in [6.45, 7) is 7.04. The number of esters is 1. The van der Waals surface area contributed by atoms with E-state index in [1.165, 1.54) is 25.0 Å². The molecule has 0 aliphatic carbocycles. The van der Waals surface area contributed by atoms with Gasteiger partial charge in [0.25, 0.3) is 5.91 Å². The van der Waals surface area contributed by atoms with Crippen molar-refractivity contribution in [3.63, 3.8) is 0 Å². The second kappa shape index (κ2) is 9.62. The number of nitrogens with one attached hydrogen (secondary N) is 2. The van der Waals surface area contributed by atoms with Gasteiger partial charge in [-0.15, -0.1) is 0 Å². The number of carboxylic acids is 1. The first kappa shape index (κ1) is 22.8. The van der Waals surface area contributed by atoms with Gasteiger partial charge in [0.1, 0.15) is 0 Å². The average Bonchev–Trinajstić information content (AvgIpc) is 3.47. The van der Waals surface area contributed by atoms with Crippen LogP contribution in [0.2, 0.25) is 0 Å². The number of fused-ring (bicyclic) bond motifs is 1. The number of aromatic amines is 1. The van der Waals surface area contributed by atoms with Gasteiger partial charge in [-0.1, -0.05) is 0 Å². The summed E-state index contributed by atoms with van der Waals surface area (Å²) in [5.74, 6) is -1.74. The van der Waals surface area contributed by atoms with Crippen LogP contribution in [0, 0.1) is 6.92 Å². The number of aryl methyl sites for hydroxylation is 1. The smallest absolute Gasteiger partial charge is 0.340 e. The first-order chi connectivity index (χ1) is 15.9. The van der Waals surface area contributed by atoms with Crippen molar-refractivity contribution < 1.29 is 24.2 Å². The Morgan fingerprint density at radius 2 is 2.00 bits per heavy atom. The van der Waals surface area contributed by atoms with E-state index >= 15 is 0 Å². The van der Waals surface area contributed by atoms with Crippen molar-refractivity contribution in [2.45, 2.75) is 39.5 Å². The van der Waals surface area contributed by atoms with Gasteiger partial charge in [0, 0.05) is 22.6 Å². The minimum atomic E-state index is -1.06. The number of ether oxygens (including phenoxy) is 1. The number of nitrogens with zero attached hydrogens (tertiary/aromatic N) is 1. The Bertz CT molecular complexity index is 1130. The molecule has 1 fully saturated rings. The molecule has 0 bridgehead atoms. The molecular formula is C25H29N3O5. The molecule has 2 aliphatic rings. The number of anilines is 1. The monoisotopic (exact) mass is 451 g/mol. The van der Waals surface area contributed by atoms with Crippen molar-refractivity contribution in [3.05, 3.63) is 51.8 Å². The summed E-state index contributed by atoms with van der Waals surface area (Å²) < 4.78 is 5.30. The van der Waals surface area contributed by atoms with Gasteiger partial charge in [-0.2, -0.15) is 0 Å². The normalized spacial score (nSPS) is 16.8. The third-order valence-electron chi connectivity index (χ3n) is 6.24. The molecule has 33 heavy (non-hydrogen) atoms. The zero-order chi connectivity index (χ0) is 23.5. The molecule has 8 heteroatoms. The summed E-state index contributed by atoms with van der Waals surface area (Å²) in [6, 6.07) is 4.56. The summed E-state index contributed by atoms with van der Waals surface area (Å²) in [6.07, 6.45) is 5.71. The lowest BCUT2D eigenvalue weighted by Crippen LogP contribution is -2.21. The molecule has 1 saturated heterocycles. The molecule has 4 rings (SSSR count). The number of benzene rings is 1. The van der Waals surface area contributed by atoms with E-state index < -0.39 is 5.97 Å². The van der Waals surface area contributed by atoms with Gasteiger partial charge >= 0.3 is 11.9 Å². The predicted octanol–water partition coefficient (Wildman–Crippen LogP) is 3.72. The van der Waals surface area contributed by atoms with Gasteiger partial charge in [-0.25, -0.2) is 9.59 Å². The number of aromatic nitrogens is 1. The second-order valence-electron chi connectivity index (χ2n) is 8.47. The minimum Gasteiger partial charge on any atom is -0.478 e. The van der Waals surface area contributed by atoms with Crippen LogP contribution in [0.1, 0.15) is 69.4 Å². The summed E-state index contributed by atoms with van der Waals surface area (Å²) >= 11 is 0. The van der Waals surface area contributed by atoms with Crippen LogP contribution in [-0.4, -0.2) is 59.1 Å². The van der Waals surface area contributed by atoms with Crippen LogP contribution in [0.25, 0.3) is 11.6 Å². The molecular weight excluding hydrogens is 422 g/mol. The summed E-state index contributed by atoms with van der Waals surface area (Å²) in [4.78, 5) is 42.5. The molecule has 3 N–H and O–H groups in total. The Morgan fingerprint density at radius 3 is 2.70 bits per heavy atom. The summed E-state index contributed by atoms with van der Waals surface area (Å²) in [5, 5.41) is 12.1. The van der Waals surface area contributed by atoms with Gasteiger partial charge in [0.05, 0.1) is 23.3 Å². The van der Waals surface area contributed by atoms with Crippen molar-refractivity contribution in [2.75, 3.05) is 31.6 Å². The first-order valence-corrected chi connectivity index (χ1v) is 11.4. The van der Waals surface area contributed by atoms with Crippen molar-refractivity contribution in [2.24, 2.45) is 0 Å². The molecule has 0 saturated carbocycles. The van der Waals surface area contributed by atoms with E-state index in [0.29, 0.717) is 40.2 Å². The number of rotatable bonds is 8. The third-order valence-corrected chi connectivity index (χ3v) is 6.24. The molecule has 0 spiro atoms. The maximum absolute atomic E-state index is 12.7. The van der Waals surface area contributed by atoms with Crippen molar-refractivity contribution in [3.8, 4) is 0 Å². The predicted molar refractivity (Wildman–Crippen MR) is 125 cm³/mol. The van der Waals surface area contributed by atoms with Crippen molar-refractivity contribution in [1.29, 1.82) is 0 Å². The highest BCUT2D eigenvalue weighted by molar-refractivity contribution is 6.35. The Balaban J connectivity index is 1.71. The van der Waals surface area contributed by atoms with Crippen LogP contribution in [0.4, 0.5) is 5.69 Å². The van der Waals surface area contributed by atoms with E-state index in [1.807, 2.05) is 6.92 Å². The lowest BCUT2D eigenvalue weighted by Gasteiger charge is -2.14. The number of amides is 1. The van der Waals surface area contributed by atoms with Crippen molar-refractivity contribution >= 4 is 35.2 Å². The fraction of sp³-hybridized carbons (Fsp3) is 0.400. The van der Waals surface area contributed by atoms with Crippen LogP contribution in [0.5, 0.6) is 0 Å². The third kappa shape index (κ3) is 4.71. The van der Waals surface area contributed by atoms with Gasteiger partial charge in [0.15, 0.2) is 0 Å². The van der Waals surface area contributed by atoms with Crippen LogP contribution >= 0.6 is 0 Å². The van der Waals surface area contributed by atoms with E-state index in [0.717, 1.165) is 31.6 Å². The van der Waals surface area contributed by atoms with E-state index in [-0.39, 0.29) is 24.0 Å². The number of carboxylic acid groups (broad SMARTS) is 1. The number of likely N-dealkylation sites (tertiary alicyclic amines) is 1. The number of hydrogen-bond donors (Lipinski definition) is 3. The molecule has 0 atom stereocenters. The first-order valence-electron chi connectivity index (χ1n) is 11.4. The Kier molecular flexibility index (Phi) is 6.65. The highest BCUT2D eigenvalue weighted by atomic mass is 16.5. The molecule has 8 nitrogen and oxygen atoms in total. The highest BCUT2D eigenvalue weighted by Gasteiger charge is 2.28. The van der Waals surface area contributed by atoms with Gasteiger partial charge in [-0.3, -0.25) is 4.79 Å². The van der Waals surface area contributed by atoms with Crippen LogP contribution < -0.4 is 5.32 Å². The molecule has 1 aromatic heterocycles. The molecule has 1 amide bonds. The number of carbonyl (C=O) groups excluding carboxylic acids is 2. The maximum Gasteiger partial charge on any atom is 0.340 e.